The number of aromatic nitrogens is 4. The number of nitrogens with zero attached hydrogens (tertiary/aromatic N) is 3. The maximum Gasteiger partial charge on any atom is 0.269 e. The number of imidazole rings is 1. The van der Waals surface area contributed by atoms with E-state index in [1.807, 2.05) is 48.1 Å². The molecule has 6 nitrogen and oxygen atoms in total. The monoisotopic (exact) mass is 321 g/mol. The van der Waals surface area contributed by atoms with Gasteiger partial charge in [-0.3, -0.25) is 9.89 Å². The normalized spacial score (nSPS) is 16.6. The minimum atomic E-state index is -0.0795. The van der Waals surface area contributed by atoms with Gasteiger partial charge < -0.3 is 9.88 Å². The molecule has 2 N–H and O–H groups in total. The van der Waals surface area contributed by atoms with Crippen molar-refractivity contribution in [2.75, 3.05) is 0 Å². The summed E-state index contributed by atoms with van der Waals surface area (Å²) in [5.74, 6) is 0.714. The fraction of sp³-hybridized carbons (Fsp3) is 0.278. The number of aryl methyl sites for hydroxylation is 1. The average Bonchev–Trinajstić information content (AvgIpc) is 3.21. The van der Waals surface area contributed by atoms with Crippen molar-refractivity contribution in [2.24, 2.45) is 7.05 Å². The van der Waals surface area contributed by atoms with E-state index in [9.17, 15) is 4.79 Å². The summed E-state index contributed by atoms with van der Waals surface area (Å²) in [6.07, 6.45) is 6.15. The summed E-state index contributed by atoms with van der Waals surface area (Å²) < 4.78 is 1.84. The fourth-order valence-electron chi connectivity index (χ4n) is 3.27. The van der Waals surface area contributed by atoms with Crippen LogP contribution in [-0.2, 0) is 19.9 Å². The Hall–Kier alpha value is -2.89. The van der Waals surface area contributed by atoms with E-state index in [0.29, 0.717) is 5.69 Å². The lowest BCUT2D eigenvalue weighted by atomic mass is 9.93. The van der Waals surface area contributed by atoms with Gasteiger partial charge in [-0.2, -0.15) is 5.10 Å². The zero-order valence-corrected chi connectivity index (χ0v) is 13.5. The molecule has 4 rings (SSSR count). The maximum atomic E-state index is 12.6. The molecule has 0 bridgehead atoms. The Balaban J connectivity index is 1.51. The third kappa shape index (κ3) is 2.60. The Morgan fingerprint density at radius 3 is 2.96 bits per heavy atom. The lowest BCUT2D eigenvalue weighted by Gasteiger charge is -2.22. The Bertz CT molecular complexity index is 865. The molecule has 0 spiro atoms. The van der Waals surface area contributed by atoms with Gasteiger partial charge in [0.25, 0.3) is 5.91 Å². The van der Waals surface area contributed by atoms with Gasteiger partial charge in [0.05, 0.1) is 12.4 Å². The summed E-state index contributed by atoms with van der Waals surface area (Å²) in [4.78, 5) is 17.0. The molecule has 2 heterocycles. The molecule has 6 heteroatoms. The second-order valence-electron chi connectivity index (χ2n) is 6.18. The number of carbonyl (C=O) groups is 1. The third-order valence-electron chi connectivity index (χ3n) is 4.60. The number of rotatable bonds is 3. The van der Waals surface area contributed by atoms with Gasteiger partial charge in [-0.05, 0) is 24.8 Å². The second-order valence-corrected chi connectivity index (χ2v) is 6.18. The number of hydrogen-bond donors (Lipinski definition) is 2. The Kier molecular flexibility index (Phi) is 3.65. The molecule has 1 aliphatic rings. The Morgan fingerprint density at radius 2 is 2.12 bits per heavy atom. The molecule has 24 heavy (non-hydrogen) atoms. The smallest absolute Gasteiger partial charge is 0.269 e. The van der Waals surface area contributed by atoms with Crippen LogP contribution in [0.25, 0.3) is 11.4 Å². The first kappa shape index (κ1) is 14.7. The van der Waals surface area contributed by atoms with Crippen molar-refractivity contribution < 1.29 is 4.79 Å². The summed E-state index contributed by atoms with van der Waals surface area (Å²) in [6, 6.07) is 10.0. The second kappa shape index (κ2) is 5.96. The van der Waals surface area contributed by atoms with Gasteiger partial charge in [-0.1, -0.05) is 30.3 Å². The quantitative estimate of drug-likeness (QED) is 0.775. The molecule has 0 aliphatic heterocycles. The Morgan fingerprint density at radius 1 is 1.29 bits per heavy atom. The minimum Gasteiger partial charge on any atom is -0.348 e. The molecule has 1 aliphatic carbocycles. The fourth-order valence-corrected chi connectivity index (χ4v) is 3.27. The number of hydrogen-bond acceptors (Lipinski definition) is 3. The van der Waals surface area contributed by atoms with Crippen LogP contribution < -0.4 is 5.32 Å². The van der Waals surface area contributed by atoms with Crippen molar-refractivity contribution in [3.63, 3.8) is 0 Å². The Labute approximate surface area is 139 Å². The highest BCUT2D eigenvalue weighted by molar-refractivity contribution is 5.93. The molecular weight excluding hydrogens is 302 g/mol. The van der Waals surface area contributed by atoms with Crippen LogP contribution in [0.4, 0.5) is 0 Å². The molecule has 0 saturated carbocycles. The summed E-state index contributed by atoms with van der Waals surface area (Å²) in [5.41, 5.74) is 3.96. The number of aromatic amines is 1. The molecule has 1 atom stereocenters. The first-order valence-electron chi connectivity index (χ1n) is 8.11. The van der Waals surface area contributed by atoms with E-state index in [0.717, 1.165) is 30.7 Å². The van der Waals surface area contributed by atoms with Crippen LogP contribution in [0.3, 0.4) is 0 Å². The molecular formula is C18H19N5O. The molecule has 0 radical (unpaired) electrons. The van der Waals surface area contributed by atoms with Gasteiger partial charge in [0, 0.05) is 24.3 Å². The SMILES string of the molecule is Cn1c(C(=O)NC2CCc3[nH]ncc3C2)cnc1-c1ccccc1. The van der Waals surface area contributed by atoms with Crippen molar-refractivity contribution in [2.45, 2.75) is 25.3 Å². The van der Waals surface area contributed by atoms with Crippen LogP contribution in [0.2, 0.25) is 0 Å². The predicted molar refractivity (Wildman–Crippen MR) is 90.5 cm³/mol. The van der Waals surface area contributed by atoms with Crippen LogP contribution in [-0.4, -0.2) is 31.7 Å². The van der Waals surface area contributed by atoms with Gasteiger partial charge in [0.1, 0.15) is 11.5 Å². The van der Waals surface area contributed by atoms with Gasteiger partial charge in [0.15, 0.2) is 0 Å². The standard InChI is InChI=1S/C18H19N5O/c1-23-16(11-19-17(23)12-5-3-2-4-6-12)18(24)21-14-7-8-15-13(9-14)10-20-22-15/h2-6,10-11,14H,7-9H2,1H3,(H,20,22)(H,21,24). The van der Waals surface area contributed by atoms with E-state index in [1.165, 1.54) is 11.3 Å². The number of carbonyl (C=O) groups excluding carboxylic acids is 1. The minimum absolute atomic E-state index is 0.0795. The zero-order chi connectivity index (χ0) is 16.5. The molecule has 1 unspecified atom stereocenters. The van der Waals surface area contributed by atoms with Gasteiger partial charge in [0.2, 0.25) is 0 Å². The largest absolute Gasteiger partial charge is 0.348 e. The van der Waals surface area contributed by atoms with E-state index in [1.54, 1.807) is 6.20 Å². The highest BCUT2D eigenvalue weighted by Crippen LogP contribution is 2.21. The highest BCUT2D eigenvalue weighted by atomic mass is 16.2. The molecule has 0 fully saturated rings. The number of nitrogens with one attached hydrogen (secondary N) is 2. The van der Waals surface area contributed by atoms with Gasteiger partial charge in [-0.25, -0.2) is 4.98 Å². The average molecular weight is 321 g/mol. The molecule has 1 aromatic carbocycles. The van der Waals surface area contributed by atoms with E-state index in [4.69, 9.17) is 0 Å². The lowest BCUT2D eigenvalue weighted by Crippen LogP contribution is -2.39. The third-order valence-corrected chi connectivity index (χ3v) is 4.60. The van der Waals surface area contributed by atoms with Crippen molar-refractivity contribution in [1.29, 1.82) is 0 Å². The van der Waals surface area contributed by atoms with Gasteiger partial charge >= 0.3 is 0 Å². The van der Waals surface area contributed by atoms with Crippen LogP contribution in [0, 0.1) is 0 Å². The topological polar surface area (TPSA) is 75.6 Å². The van der Waals surface area contributed by atoms with Crippen molar-refractivity contribution in [3.05, 3.63) is 59.7 Å². The summed E-state index contributed by atoms with van der Waals surface area (Å²) in [7, 11) is 1.87. The number of H-pyrrole nitrogens is 1. The highest BCUT2D eigenvalue weighted by Gasteiger charge is 2.23. The summed E-state index contributed by atoms with van der Waals surface area (Å²) in [6.45, 7) is 0. The molecule has 0 saturated heterocycles. The zero-order valence-electron chi connectivity index (χ0n) is 13.5. The van der Waals surface area contributed by atoms with E-state index in [2.05, 4.69) is 20.5 Å². The van der Waals surface area contributed by atoms with Crippen molar-refractivity contribution >= 4 is 5.91 Å². The molecule has 1 amide bonds. The number of amides is 1. The summed E-state index contributed by atoms with van der Waals surface area (Å²) >= 11 is 0. The summed E-state index contributed by atoms with van der Waals surface area (Å²) in [5, 5.41) is 10.2. The molecule has 122 valence electrons. The first-order chi connectivity index (χ1) is 11.7. The predicted octanol–water partition coefficient (Wildman–Crippen LogP) is 2.10. The van der Waals surface area contributed by atoms with Crippen LogP contribution >= 0.6 is 0 Å². The van der Waals surface area contributed by atoms with E-state index < -0.39 is 0 Å². The number of benzene rings is 1. The number of fused-ring (bicyclic) bond motifs is 1. The molecule has 2 aromatic heterocycles. The maximum absolute atomic E-state index is 12.6. The van der Waals surface area contributed by atoms with E-state index in [-0.39, 0.29) is 11.9 Å². The lowest BCUT2D eigenvalue weighted by molar-refractivity contribution is 0.0925. The van der Waals surface area contributed by atoms with E-state index >= 15 is 0 Å². The van der Waals surface area contributed by atoms with Crippen LogP contribution in [0.15, 0.2) is 42.7 Å². The van der Waals surface area contributed by atoms with Crippen LogP contribution in [0.5, 0.6) is 0 Å². The first-order valence-corrected chi connectivity index (χ1v) is 8.11. The van der Waals surface area contributed by atoms with Crippen molar-refractivity contribution in [1.82, 2.24) is 25.1 Å². The van der Waals surface area contributed by atoms with Crippen molar-refractivity contribution in [3.8, 4) is 11.4 Å². The molecule has 3 aromatic rings. The van der Waals surface area contributed by atoms with Gasteiger partial charge in [-0.15, -0.1) is 0 Å². The van der Waals surface area contributed by atoms with Crippen LogP contribution in [0.1, 0.15) is 28.2 Å².